The third kappa shape index (κ3) is 5.20. The lowest BCUT2D eigenvalue weighted by Crippen LogP contribution is -3.28. The van der Waals surface area contributed by atoms with E-state index in [1.807, 2.05) is 30.3 Å². The van der Waals surface area contributed by atoms with Crippen molar-refractivity contribution in [2.45, 2.75) is 31.2 Å². The fourth-order valence-electron chi connectivity index (χ4n) is 4.00. The molecule has 0 aromatic heterocycles. The number of para-hydroxylation sites is 1. The molecule has 1 saturated heterocycles. The van der Waals surface area contributed by atoms with Crippen molar-refractivity contribution in [3.63, 3.8) is 0 Å². The number of benzene rings is 1. The quantitative estimate of drug-likeness (QED) is 0.574. The van der Waals surface area contributed by atoms with E-state index in [9.17, 15) is 10.1 Å². The van der Waals surface area contributed by atoms with Gasteiger partial charge in [0.25, 0.3) is 5.91 Å². The van der Waals surface area contributed by atoms with E-state index in [1.165, 1.54) is 9.80 Å². The molecule has 1 aliphatic heterocycles. The summed E-state index contributed by atoms with van der Waals surface area (Å²) in [6, 6.07) is 12.2. The first kappa shape index (κ1) is 18.7. The lowest BCUT2D eigenvalue weighted by atomic mass is 10.00. The van der Waals surface area contributed by atoms with Crippen LogP contribution in [0.4, 0.5) is 0 Å². The van der Waals surface area contributed by atoms with Gasteiger partial charge >= 0.3 is 0 Å². The van der Waals surface area contributed by atoms with E-state index in [2.05, 4.69) is 11.4 Å². The molecule has 2 aliphatic rings. The van der Waals surface area contributed by atoms with Crippen LogP contribution in [-0.2, 0) is 4.79 Å². The normalized spacial score (nSPS) is 24.6. The van der Waals surface area contributed by atoms with Crippen LogP contribution >= 0.6 is 0 Å². The predicted molar refractivity (Wildman–Crippen MR) is 98.0 cm³/mol. The second-order valence-electron chi connectivity index (χ2n) is 7.54. The Morgan fingerprint density at radius 1 is 1.12 bits per heavy atom. The molecule has 0 unspecified atom stereocenters. The third-order valence-electron chi connectivity index (χ3n) is 5.59. The molecular weight excluding hydrogens is 328 g/mol. The van der Waals surface area contributed by atoms with Crippen molar-refractivity contribution in [1.82, 2.24) is 5.32 Å². The molecule has 1 amide bonds. The summed E-state index contributed by atoms with van der Waals surface area (Å²) in [7, 11) is 0. The van der Waals surface area contributed by atoms with Crippen LogP contribution in [0.3, 0.4) is 0 Å². The molecule has 0 spiro atoms. The third-order valence-corrected chi connectivity index (χ3v) is 5.59. The van der Waals surface area contributed by atoms with Gasteiger partial charge in [0, 0.05) is 0 Å². The predicted octanol–water partition coefficient (Wildman–Crippen LogP) is -1.20. The first-order chi connectivity index (χ1) is 12.7. The molecular formula is C20H30N4O2+2. The maximum Gasteiger partial charge on any atom is 0.276 e. The largest absolute Gasteiger partial charge is 0.488 e. The molecule has 26 heavy (non-hydrogen) atoms. The van der Waals surface area contributed by atoms with Crippen LogP contribution in [0.5, 0.6) is 5.75 Å². The second kappa shape index (κ2) is 9.02. The molecule has 0 radical (unpaired) electrons. The molecule has 1 saturated carbocycles. The van der Waals surface area contributed by atoms with Crippen LogP contribution in [0.1, 0.15) is 25.7 Å². The van der Waals surface area contributed by atoms with E-state index in [4.69, 9.17) is 4.74 Å². The summed E-state index contributed by atoms with van der Waals surface area (Å²) in [5, 5.41) is 12.4. The van der Waals surface area contributed by atoms with Gasteiger partial charge in [-0.2, -0.15) is 5.26 Å². The highest BCUT2D eigenvalue weighted by molar-refractivity contribution is 5.78. The van der Waals surface area contributed by atoms with Gasteiger partial charge in [-0.25, -0.2) is 0 Å². The minimum absolute atomic E-state index is 0.0271. The van der Waals surface area contributed by atoms with E-state index < -0.39 is 5.54 Å². The van der Waals surface area contributed by atoms with Crippen molar-refractivity contribution in [3.05, 3.63) is 30.3 Å². The topological polar surface area (TPSA) is 71.0 Å². The lowest BCUT2D eigenvalue weighted by Gasteiger charge is -2.30. The van der Waals surface area contributed by atoms with Crippen molar-refractivity contribution >= 4 is 5.91 Å². The van der Waals surface area contributed by atoms with E-state index >= 15 is 0 Å². The Labute approximate surface area is 155 Å². The van der Waals surface area contributed by atoms with Gasteiger partial charge in [-0.05, 0) is 37.8 Å². The van der Waals surface area contributed by atoms with E-state index in [-0.39, 0.29) is 5.91 Å². The molecule has 3 rings (SSSR count). The van der Waals surface area contributed by atoms with Gasteiger partial charge in [-0.15, -0.1) is 0 Å². The van der Waals surface area contributed by atoms with Crippen LogP contribution in [0, 0.1) is 11.3 Å². The number of nitrogens with one attached hydrogen (secondary N) is 3. The monoisotopic (exact) mass is 358 g/mol. The van der Waals surface area contributed by atoms with Crippen LogP contribution in [0.25, 0.3) is 0 Å². The second-order valence-corrected chi connectivity index (χ2v) is 7.54. The summed E-state index contributed by atoms with van der Waals surface area (Å²) in [5.41, 5.74) is -0.599. The summed E-state index contributed by atoms with van der Waals surface area (Å²) in [6.45, 7) is 6.30. The number of carbonyl (C=O) groups excluding carboxylic acids is 1. The minimum atomic E-state index is -0.599. The first-order valence-corrected chi connectivity index (χ1v) is 9.76. The summed E-state index contributed by atoms with van der Waals surface area (Å²) >= 11 is 0. The molecule has 1 aromatic rings. The molecule has 1 heterocycles. The molecule has 140 valence electrons. The highest BCUT2D eigenvalue weighted by Gasteiger charge is 2.36. The number of rotatable bonds is 7. The highest BCUT2D eigenvalue weighted by Crippen LogP contribution is 2.28. The molecule has 0 atom stereocenters. The number of carbonyl (C=O) groups is 1. The maximum absolute atomic E-state index is 12.3. The average Bonchev–Trinajstić information content (AvgIpc) is 3.13. The van der Waals surface area contributed by atoms with Crippen molar-refractivity contribution in [2.24, 2.45) is 0 Å². The fourth-order valence-corrected chi connectivity index (χ4v) is 4.00. The van der Waals surface area contributed by atoms with Gasteiger partial charge < -0.3 is 19.9 Å². The Kier molecular flexibility index (Phi) is 6.48. The summed E-state index contributed by atoms with van der Waals surface area (Å²) in [4.78, 5) is 15.2. The van der Waals surface area contributed by atoms with Gasteiger partial charge in [0.05, 0.1) is 6.07 Å². The Hall–Kier alpha value is -2.10. The number of piperazine rings is 1. The lowest BCUT2D eigenvalue weighted by molar-refractivity contribution is -1.01. The first-order valence-electron chi connectivity index (χ1n) is 9.76. The fraction of sp³-hybridized carbons (Fsp3) is 0.600. The van der Waals surface area contributed by atoms with Crippen LogP contribution in [0.15, 0.2) is 30.3 Å². The Morgan fingerprint density at radius 2 is 1.77 bits per heavy atom. The van der Waals surface area contributed by atoms with E-state index in [1.54, 1.807) is 0 Å². The Bertz CT molecular complexity index is 614. The van der Waals surface area contributed by atoms with Gasteiger partial charge in [-0.1, -0.05) is 18.2 Å². The van der Waals surface area contributed by atoms with Crippen LogP contribution in [0.2, 0.25) is 0 Å². The van der Waals surface area contributed by atoms with Gasteiger partial charge in [0.15, 0.2) is 6.54 Å². The average molecular weight is 358 g/mol. The SMILES string of the molecule is N#CC1(NC(=O)C[NH+]2CC[NH+](CCOc3ccccc3)CC2)CCCC1. The number of hydrogen-bond donors (Lipinski definition) is 3. The standard InChI is InChI=1S/C20H28N4O2/c21-17-20(8-4-5-9-20)22-19(25)16-24-12-10-23(11-13-24)14-15-26-18-6-2-1-3-7-18/h1-3,6-7H,4-5,8-16H2,(H,22,25)/p+2. The minimum Gasteiger partial charge on any atom is -0.488 e. The Morgan fingerprint density at radius 3 is 2.42 bits per heavy atom. The van der Waals surface area contributed by atoms with Crippen molar-refractivity contribution < 1.29 is 19.3 Å². The number of amides is 1. The van der Waals surface area contributed by atoms with E-state index in [0.717, 1.165) is 70.8 Å². The summed E-state index contributed by atoms with van der Waals surface area (Å²) in [5.74, 6) is 0.950. The van der Waals surface area contributed by atoms with Gasteiger partial charge in [0.2, 0.25) is 0 Å². The van der Waals surface area contributed by atoms with Crippen LogP contribution < -0.4 is 19.9 Å². The van der Waals surface area contributed by atoms with Crippen molar-refractivity contribution in [3.8, 4) is 11.8 Å². The molecule has 2 fully saturated rings. The van der Waals surface area contributed by atoms with E-state index in [0.29, 0.717) is 6.54 Å². The summed E-state index contributed by atoms with van der Waals surface area (Å²) < 4.78 is 5.78. The zero-order chi connectivity index (χ0) is 18.2. The number of hydrogen-bond acceptors (Lipinski definition) is 3. The zero-order valence-electron chi connectivity index (χ0n) is 15.4. The number of quaternary nitrogens is 2. The number of nitrogens with zero attached hydrogens (tertiary/aromatic N) is 1. The zero-order valence-corrected chi connectivity index (χ0v) is 15.4. The molecule has 1 aliphatic carbocycles. The number of nitriles is 1. The summed E-state index contributed by atoms with van der Waals surface area (Å²) in [6.07, 6.45) is 3.66. The van der Waals surface area contributed by atoms with Gasteiger partial charge in [0.1, 0.15) is 50.6 Å². The number of ether oxygens (including phenoxy) is 1. The van der Waals surface area contributed by atoms with Crippen LogP contribution in [-0.4, -0.2) is 57.3 Å². The molecule has 3 N–H and O–H groups in total. The molecule has 6 heteroatoms. The van der Waals surface area contributed by atoms with Crippen molar-refractivity contribution in [2.75, 3.05) is 45.9 Å². The molecule has 1 aromatic carbocycles. The molecule has 0 bridgehead atoms. The maximum atomic E-state index is 12.3. The van der Waals surface area contributed by atoms with Crippen molar-refractivity contribution in [1.29, 1.82) is 5.26 Å². The Balaban J connectivity index is 1.33. The molecule has 6 nitrogen and oxygen atoms in total. The van der Waals surface area contributed by atoms with Gasteiger partial charge in [-0.3, -0.25) is 4.79 Å². The smallest absolute Gasteiger partial charge is 0.276 e. The highest BCUT2D eigenvalue weighted by atomic mass is 16.5.